The van der Waals surface area contributed by atoms with Gasteiger partial charge in [-0.2, -0.15) is 0 Å². The molecule has 0 radical (unpaired) electrons. The molecule has 2 aliphatic rings. The topological polar surface area (TPSA) is 32.3 Å². The lowest BCUT2D eigenvalue weighted by molar-refractivity contribution is -0.132. The third-order valence-electron chi connectivity index (χ3n) is 4.36. The van der Waals surface area contributed by atoms with Gasteiger partial charge in [-0.1, -0.05) is 19.8 Å². The summed E-state index contributed by atoms with van der Waals surface area (Å²) in [5, 5.41) is 3.29. The van der Waals surface area contributed by atoms with Gasteiger partial charge in [-0.25, -0.2) is 0 Å². The molecular formula is C14H26N2O. The van der Waals surface area contributed by atoms with Crippen molar-refractivity contribution in [1.82, 2.24) is 10.2 Å². The maximum atomic E-state index is 12.1. The number of hydrogen-bond donors (Lipinski definition) is 1. The van der Waals surface area contributed by atoms with Crippen LogP contribution >= 0.6 is 0 Å². The minimum absolute atomic E-state index is 0.268. The Kier molecular flexibility index (Phi) is 4.43. The summed E-state index contributed by atoms with van der Waals surface area (Å²) in [6, 6.07) is 0.471. The molecule has 3 heteroatoms. The number of hydrogen-bond acceptors (Lipinski definition) is 2. The van der Waals surface area contributed by atoms with Gasteiger partial charge in [0.2, 0.25) is 5.91 Å². The number of nitrogens with one attached hydrogen (secondary N) is 1. The minimum Gasteiger partial charge on any atom is -0.341 e. The van der Waals surface area contributed by atoms with Gasteiger partial charge < -0.3 is 10.2 Å². The highest BCUT2D eigenvalue weighted by Gasteiger charge is 2.28. The standard InChI is InChI=1S/C14H26N2O/c1-11-5-3-4-6-13(11)16(2)14(17)10-15-9-12-7-8-12/h11-13,15H,3-10H2,1-2H3. The van der Waals surface area contributed by atoms with E-state index in [0.29, 0.717) is 18.5 Å². The molecule has 98 valence electrons. The third-order valence-corrected chi connectivity index (χ3v) is 4.36. The van der Waals surface area contributed by atoms with Crippen LogP contribution in [0.4, 0.5) is 0 Å². The van der Waals surface area contributed by atoms with E-state index in [1.165, 1.54) is 38.5 Å². The second kappa shape index (κ2) is 5.85. The molecule has 0 heterocycles. The number of nitrogens with zero attached hydrogens (tertiary/aromatic N) is 1. The van der Waals surface area contributed by atoms with Gasteiger partial charge in [0, 0.05) is 13.1 Å². The molecular weight excluding hydrogens is 212 g/mol. The summed E-state index contributed by atoms with van der Waals surface area (Å²) < 4.78 is 0. The normalized spacial score (nSPS) is 29.1. The predicted octanol–water partition coefficient (Wildman–Crippen LogP) is 2.02. The van der Waals surface area contributed by atoms with Crippen LogP contribution in [-0.4, -0.2) is 37.0 Å². The monoisotopic (exact) mass is 238 g/mol. The van der Waals surface area contributed by atoms with E-state index in [4.69, 9.17) is 0 Å². The van der Waals surface area contributed by atoms with Crippen LogP contribution in [0.2, 0.25) is 0 Å². The number of rotatable bonds is 5. The zero-order valence-electron chi connectivity index (χ0n) is 11.2. The quantitative estimate of drug-likeness (QED) is 0.795. The van der Waals surface area contributed by atoms with E-state index < -0.39 is 0 Å². The SMILES string of the molecule is CC1CCCCC1N(C)C(=O)CNCC1CC1. The highest BCUT2D eigenvalue weighted by atomic mass is 16.2. The van der Waals surface area contributed by atoms with E-state index in [-0.39, 0.29) is 5.91 Å². The molecule has 0 aromatic heterocycles. The van der Waals surface area contributed by atoms with Crippen molar-refractivity contribution < 1.29 is 4.79 Å². The van der Waals surface area contributed by atoms with E-state index in [1.54, 1.807) is 0 Å². The van der Waals surface area contributed by atoms with Crippen molar-refractivity contribution in [2.24, 2.45) is 11.8 Å². The molecule has 0 aliphatic heterocycles. The fourth-order valence-electron chi connectivity index (χ4n) is 2.89. The Morgan fingerprint density at radius 3 is 2.59 bits per heavy atom. The maximum absolute atomic E-state index is 12.1. The van der Waals surface area contributed by atoms with Gasteiger partial charge in [-0.15, -0.1) is 0 Å². The third kappa shape index (κ3) is 3.70. The molecule has 0 spiro atoms. The smallest absolute Gasteiger partial charge is 0.236 e. The largest absolute Gasteiger partial charge is 0.341 e. The van der Waals surface area contributed by atoms with Crippen molar-refractivity contribution in [2.45, 2.75) is 51.5 Å². The number of carbonyl (C=O) groups is 1. The van der Waals surface area contributed by atoms with Crippen molar-refractivity contribution in [3.63, 3.8) is 0 Å². The van der Waals surface area contributed by atoms with Crippen LogP contribution in [0, 0.1) is 11.8 Å². The molecule has 2 fully saturated rings. The first-order valence-corrected chi connectivity index (χ1v) is 7.15. The molecule has 0 saturated heterocycles. The molecule has 2 aliphatic carbocycles. The van der Waals surface area contributed by atoms with Crippen LogP contribution in [0.3, 0.4) is 0 Å². The molecule has 2 unspecified atom stereocenters. The Morgan fingerprint density at radius 2 is 1.94 bits per heavy atom. The van der Waals surface area contributed by atoms with E-state index >= 15 is 0 Å². The first-order valence-electron chi connectivity index (χ1n) is 7.15. The van der Waals surface area contributed by atoms with Crippen LogP contribution in [0.5, 0.6) is 0 Å². The maximum Gasteiger partial charge on any atom is 0.236 e. The van der Waals surface area contributed by atoms with Gasteiger partial charge >= 0.3 is 0 Å². The fraction of sp³-hybridized carbons (Fsp3) is 0.929. The predicted molar refractivity (Wildman–Crippen MR) is 69.8 cm³/mol. The van der Waals surface area contributed by atoms with Crippen molar-refractivity contribution in [2.75, 3.05) is 20.1 Å². The van der Waals surface area contributed by atoms with Crippen LogP contribution in [0.25, 0.3) is 0 Å². The minimum atomic E-state index is 0.268. The lowest BCUT2D eigenvalue weighted by atomic mass is 9.85. The molecule has 3 nitrogen and oxygen atoms in total. The van der Waals surface area contributed by atoms with Crippen molar-refractivity contribution >= 4 is 5.91 Å². The van der Waals surface area contributed by atoms with E-state index in [9.17, 15) is 4.79 Å². The summed E-state index contributed by atoms with van der Waals surface area (Å²) in [6.07, 6.45) is 7.76. The lowest BCUT2D eigenvalue weighted by Crippen LogP contribution is -2.46. The molecule has 1 amide bonds. The Hall–Kier alpha value is -0.570. The van der Waals surface area contributed by atoms with E-state index in [1.807, 2.05) is 11.9 Å². The number of carbonyl (C=O) groups excluding carboxylic acids is 1. The van der Waals surface area contributed by atoms with Gasteiger partial charge in [-0.05, 0) is 44.1 Å². The average molecular weight is 238 g/mol. The van der Waals surface area contributed by atoms with Gasteiger partial charge in [0.15, 0.2) is 0 Å². The highest BCUT2D eigenvalue weighted by molar-refractivity contribution is 5.78. The van der Waals surface area contributed by atoms with Gasteiger partial charge in [0.25, 0.3) is 0 Å². The molecule has 0 bridgehead atoms. The highest BCUT2D eigenvalue weighted by Crippen LogP contribution is 2.28. The van der Waals surface area contributed by atoms with Gasteiger partial charge in [-0.3, -0.25) is 4.79 Å². The molecule has 17 heavy (non-hydrogen) atoms. The molecule has 2 saturated carbocycles. The summed E-state index contributed by atoms with van der Waals surface area (Å²) in [5.74, 6) is 1.78. The van der Waals surface area contributed by atoms with E-state index in [0.717, 1.165) is 12.5 Å². The first-order chi connectivity index (χ1) is 8.18. The molecule has 0 aromatic rings. The summed E-state index contributed by atoms with van der Waals surface area (Å²) in [5.41, 5.74) is 0. The first kappa shape index (κ1) is 12.9. The zero-order chi connectivity index (χ0) is 12.3. The van der Waals surface area contributed by atoms with Crippen LogP contribution < -0.4 is 5.32 Å². The van der Waals surface area contributed by atoms with Crippen molar-refractivity contribution in [1.29, 1.82) is 0 Å². The Bertz CT molecular complexity index is 263. The van der Waals surface area contributed by atoms with Gasteiger partial charge in [0.05, 0.1) is 6.54 Å². The average Bonchev–Trinajstić information content (AvgIpc) is 3.13. The second-order valence-electron chi connectivity index (χ2n) is 5.91. The Morgan fingerprint density at radius 1 is 1.24 bits per heavy atom. The van der Waals surface area contributed by atoms with Crippen molar-refractivity contribution in [3.05, 3.63) is 0 Å². The lowest BCUT2D eigenvalue weighted by Gasteiger charge is -2.36. The Labute approximate surface area is 105 Å². The van der Waals surface area contributed by atoms with Crippen LogP contribution in [0.1, 0.15) is 45.4 Å². The molecule has 2 atom stereocenters. The summed E-state index contributed by atoms with van der Waals surface area (Å²) in [4.78, 5) is 14.0. The summed E-state index contributed by atoms with van der Waals surface area (Å²) in [7, 11) is 1.98. The van der Waals surface area contributed by atoms with Crippen LogP contribution in [0.15, 0.2) is 0 Å². The number of likely N-dealkylation sites (N-methyl/N-ethyl adjacent to an activating group) is 1. The zero-order valence-corrected chi connectivity index (χ0v) is 11.2. The van der Waals surface area contributed by atoms with Gasteiger partial charge in [0.1, 0.15) is 0 Å². The van der Waals surface area contributed by atoms with Crippen LogP contribution in [-0.2, 0) is 4.79 Å². The number of amides is 1. The molecule has 0 aromatic carbocycles. The van der Waals surface area contributed by atoms with E-state index in [2.05, 4.69) is 12.2 Å². The second-order valence-corrected chi connectivity index (χ2v) is 5.91. The summed E-state index contributed by atoms with van der Waals surface area (Å²) in [6.45, 7) is 3.83. The summed E-state index contributed by atoms with van der Waals surface area (Å²) >= 11 is 0. The molecule has 2 rings (SSSR count). The fourth-order valence-corrected chi connectivity index (χ4v) is 2.89. The van der Waals surface area contributed by atoms with Crippen molar-refractivity contribution in [3.8, 4) is 0 Å². The molecule has 1 N–H and O–H groups in total. The Balaban J connectivity index is 1.72.